The highest BCUT2D eigenvalue weighted by Crippen LogP contribution is 2.34. The maximum atomic E-state index is 13.5. The van der Waals surface area contributed by atoms with Gasteiger partial charge in [0.2, 0.25) is 5.91 Å². The Bertz CT molecular complexity index is 1320. The smallest absolute Gasteiger partial charge is 0.416 e. The van der Waals surface area contributed by atoms with E-state index >= 15 is 0 Å². The first kappa shape index (κ1) is 23.8. The van der Waals surface area contributed by atoms with E-state index in [1.807, 2.05) is 24.3 Å². The summed E-state index contributed by atoms with van der Waals surface area (Å²) >= 11 is 0. The lowest BCUT2D eigenvalue weighted by Gasteiger charge is -2.29. The summed E-state index contributed by atoms with van der Waals surface area (Å²) in [7, 11) is -3.41. The third-order valence-corrected chi connectivity index (χ3v) is 6.75. The predicted octanol–water partition coefficient (Wildman–Crippen LogP) is 5.03. The molecule has 0 atom stereocenters. The van der Waals surface area contributed by atoms with Gasteiger partial charge in [-0.05, 0) is 65.6 Å². The molecule has 0 N–H and O–H groups in total. The monoisotopic (exact) mass is 489 g/mol. The van der Waals surface area contributed by atoms with Gasteiger partial charge in [0.15, 0.2) is 9.84 Å². The van der Waals surface area contributed by atoms with E-state index in [4.69, 9.17) is 4.74 Å². The number of hydrogen-bond acceptors (Lipinski definition) is 4. The van der Waals surface area contributed by atoms with Crippen molar-refractivity contribution in [1.29, 1.82) is 0 Å². The molecule has 0 unspecified atom stereocenters. The summed E-state index contributed by atoms with van der Waals surface area (Å²) in [5, 5.41) is 0. The van der Waals surface area contributed by atoms with Gasteiger partial charge in [-0.2, -0.15) is 13.2 Å². The number of fused-ring (bicyclic) bond motifs is 1. The number of amides is 1. The van der Waals surface area contributed by atoms with Gasteiger partial charge in [0.25, 0.3) is 0 Å². The van der Waals surface area contributed by atoms with Crippen LogP contribution in [0, 0.1) is 0 Å². The minimum absolute atomic E-state index is 0.0679. The van der Waals surface area contributed by atoms with E-state index in [9.17, 15) is 26.4 Å². The molecule has 0 radical (unpaired) electrons. The molecule has 9 heteroatoms. The minimum Gasteiger partial charge on any atom is -0.457 e. The van der Waals surface area contributed by atoms with Crippen LogP contribution in [-0.2, 0) is 40.2 Å². The Labute approximate surface area is 195 Å². The second kappa shape index (κ2) is 9.13. The number of carbonyl (C=O) groups is 1. The van der Waals surface area contributed by atoms with Crippen molar-refractivity contribution in [1.82, 2.24) is 4.90 Å². The second-order valence-corrected chi connectivity index (χ2v) is 10.2. The molecule has 3 aromatic carbocycles. The van der Waals surface area contributed by atoms with Gasteiger partial charge < -0.3 is 9.64 Å². The number of sulfone groups is 1. The van der Waals surface area contributed by atoms with Crippen molar-refractivity contribution in [2.75, 3.05) is 12.8 Å². The van der Waals surface area contributed by atoms with Gasteiger partial charge in [-0.3, -0.25) is 4.79 Å². The van der Waals surface area contributed by atoms with E-state index in [-0.39, 0.29) is 34.3 Å². The zero-order valence-electron chi connectivity index (χ0n) is 18.3. The van der Waals surface area contributed by atoms with Crippen molar-refractivity contribution in [2.45, 2.75) is 30.5 Å². The Hall–Kier alpha value is -3.33. The molecule has 0 saturated carbocycles. The molecule has 5 nitrogen and oxygen atoms in total. The molecule has 4 rings (SSSR count). The molecular weight excluding hydrogens is 467 g/mol. The van der Waals surface area contributed by atoms with Gasteiger partial charge in [0, 0.05) is 19.3 Å². The van der Waals surface area contributed by atoms with Gasteiger partial charge in [-0.25, -0.2) is 8.42 Å². The van der Waals surface area contributed by atoms with Crippen molar-refractivity contribution in [3.63, 3.8) is 0 Å². The number of nitrogens with zero attached hydrogens (tertiary/aromatic N) is 1. The largest absolute Gasteiger partial charge is 0.457 e. The standard InChI is InChI=1S/C25H22F3NO4S/c1-34(31,32)23-8-6-21(7-9-23)33-22-13-17(12-20(15-22)25(26,27)28)14-24(30)29-11-10-18-4-2-3-5-19(18)16-29/h2-9,12-13,15H,10-11,14,16H2,1H3. The van der Waals surface area contributed by atoms with Gasteiger partial charge in [-0.1, -0.05) is 24.3 Å². The van der Waals surface area contributed by atoms with Crippen LogP contribution >= 0.6 is 0 Å². The molecule has 3 aromatic rings. The number of carbonyl (C=O) groups excluding carboxylic acids is 1. The van der Waals surface area contributed by atoms with Gasteiger partial charge in [-0.15, -0.1) is 0 Å². The van der Waals surface area contributed by atoms with Gasteiger partial charge >= 0.3 is 6.18 Å². The van der Waals surface area contributed by atoms with Crippen LogP contribution in [0.1, 0.15) is 22.3 Å². The summed E-state index contributed by atoms with van der Waals surface area (Å²) in [6.07, 6.45) is -3.07. The van der Waals surface area contributed by atoms with E-state index in [1.54, 1.807) is 4.90 Å². The molecule has 0 saturated heterocycles. The van der Waals surface area contributed by atoms with E-state index in [0.717, 1.165) is 24.0 Å². The van der Waals surface area contributed by atoms with Crippen LogP contribution < -0.4 is 4.74 Å². The molecule has 1 aliphatic rings. The highest BCUT2D eigenvalue weighted by Gasteiger charge is 2.32. The Morgan fingerprint density at radius 2 is 1.65 bits per heavy atom. The fourth-order valence-corrected chi connectivity index (χ4v) is 4.50. The molecule has 0 spiro atoms. The lowest BCUT2D eigenvalue weighted by molar-refractivity contribution is -0.138. The summed E-state index contributed by atoms with van der Waals surface area (Å²) < 4.78 is 69.3. The molecule has 0 aliphatic carbocycles. The van der Waals surface area contributed by atoms with Crippen molar-refractivity contribution in [3.05, 3.63) is 89.0 Å². The average Bonchev–Trinajstić information content (AvgIpc) is 2.78. The maximum absolute atomic E-state index is 13.5. The van der Waals surface area contributed by atoms with E-state index in [2.05, 4.69) is 0 Å². The molecular formula is C25H22F3NO4S. The quantitative estimate of drug-likeness (QED) is 0.505. The molecule has 0 fully saturated rings. The van der Waals surface area contributed by atoms with Crippen LogP contribution in [0.15, 0.2) is 71.6 Å². The Balaban J connectivity index is 1.55. The SMILES string of the molecule is CS(=O)(=O)c1ccc(Oc2cc(CC(=O)N3CCc4ccccc4C3)cc(C(F)(F)F)c2)cc1. The second-order valence-electron chi connectivity index (χ2n) is 8.22. The number of rotatable bonds is 5. The highest BCUT2D eigenvalue weighted by atomic mass is 32.2. The average molecular weight is 490 g/mol. The Morgan fingerprint density at radius 1 is 0.971 bits per heavy atom. The number of benzene rings is 3. The zero-order valence-corrected chi connectivity index (χ0v) is 19.1. The summed E-state index contributed by atoms with van der Waals surface area (Å²) in [5.41, 5.74) is 1.46. The van der Waals surface area contributed by atoms with E-state index < -0.39 is 21.6 Å². The summed E-state index contributed by atoms with van der Waals surface area (Å²) in [6.45, 7) is 0.925. The zero-order chi connectivity index (χ0) is 24.5. The number of alkyl halides is 3. The molecule has 0 aromatic heterocycles. The number of ether oxygens (including phenoxy) is 1. The normalized spacial score (nSPS) is 13.9. The fourth-order valence-electron chi connectivity index (χ4n) is 3.87. The molecule has 1 heterocycles. The van der Waals surface area contributed by atoms with Crippen molar-refractivity contribution in [2.24, 2.45) is 0 Å². The highest BCUT2D eigenvalue weighted by molar-refractivity contribution is 7.90. The Kier molecular flexibility index (Phi) is 6.40. The molecule has 1 aliphatic heterocycles. The molecule has 0 bridgehead atoms. The van der Waals surface area contributed by atoms with Crippen molar-refractivity contribution < 1.29 is 31.1 Å². The van der Waals surface area contributed by atoms with Gasteiger partial charge in [0.05, 0.1) is 16.9 Å². The van der Waals surface area contributed by atoms with Crippen LogP contribution in [0.4, 0.5) is 13.2 Å². The molecule has 178 valence electrons. The van der Waals surface area contributed by atoms with Crippen LogP contribution in [0.3, 0.4) is 0 Å². The topological polar surface area (TPSA) is 63.7 Å². The minimum atomic E-state index is -4.62. The fraction of sp³-hybridized carbons (Fsp3) is 0.240. The summed E-state index contributed by atoms with van der Waals surface area (Å²) in [4.78, 5) is 14.6. The van der Waals surface area contributed by atoms with Crippen LogP contribution in [-0.4, -0.2) is 32.0 Å². The number of halogens is 3. The molecule has 34 heavy (non-hydrogen) atoms. The lowest BCUT2D eigenvalue weighted by Crippen LogP contribution is -2.36. The van der Waals surface area contributed by atoms with Crippen molar-refractivity contribution >= 4 is 15.7 Å². The summed E-state index contributed by atoms with van der Waals surface area (Å²) in [5.74, 6) is -0.178. The first-order valence-corrected chi connectivity index (χ1v) is 12.4. The first-order chi connectivity index (χ1) is 16.0. The van der Waals surface area contributed by atoms with E-state index in [1.165, 1.54) is 35.9 Å². The Morgan fingerprint density at radius 3 is 2.29 bits per heavy atom. The van der Waals surface area contributed by atoms with Gasteiger partial charge in [0.1, 0.15) is 11.5 Å². The third-order valence-electron chi connectivity index (χ3n) is 5.62. The lowest BCUT2D eigenvalue weighted by atomic mass is 9.99. The van der Waals surface area contributed by atoms with Crippen LogP contribution in [0.25, 0.3) is 0 Å². The third kappa shape index (κ3) is 5.59. The first-order valence-electron chi connectivity index (χ1n) is 10.5. The predicted molar refractivity (Wildman–Crippen MR) is 120 cm³/mol. The van der Waals surface area contributed by atoms with Crippen molar-refractivity contribution in [3.8, 4) is 11.5 Å². The van der Waals surface area contributed by atoms with E-state index in [0.29, 0.717) is 19.5 Å². The van der Waals surface area contributed by atoms with Crippen LogP contribution in [0.2, 0.25) is 0 Å². The molecule has 1 amide bonds. The van der Waals surface area contributed by atoms with Crippen LogP contribution in [0.5, 0.6) is 11.5 Å². The maximum Gasteiger partial charge on any atom is 0.416 e. The number of hydrogen-bond donors (Lipinski definition) is 0. The summed E-state index contributed by atoms with van der Waals surface area (Å²) in [6, 6.07) is 16.4.